The highest BCUT2D eigenvalue weighted by molar-refractivity contribution is 5.99. The van der Waals surface area contributed by atoms with Gasteiger partial charge in [-0.05, 0) is 38.0 Å². The van der Waals surface area contributed by atoms with Crippen LogP contribution in [0.1, 0.15) is 34.8 Å². The van der Waals surface area contributed by atoms with E-state index in [-0.39, 0.29) is 5.78 Å². The minimum Gasteiger partial charge on any atom is -0.493 e. The molecule has 0 aliphatic carbocycles. The first kappa shape index (κ1) is 13.7. The van der Waals surface area contributed by atoms with Crippen LogP contribution in [0.4, 0.5) is 0 Å². The molecule has 1 rings (SSSR count). The predicted molar refractivity (Wildman–Crippen MR) is 67.9 cm³/mol. The third kappa shape index (κ3) is 3.56. The van der Waals surface area contributed by atoms with Crippen LogP contribution >= 0.6 is 0 Å². The lowest BCUT2D eigenvalue weighted by atomic mass is 10.0. The number of ether oxygens (including phenoxy) is 2. The van der Waals surface area contributed by atoms with Gasteiger partial charge in [0.05, 0.1) is 18.8 Å². The zero-order valence-electron chi connectivity index (χ0n) is 11.0. The van der Waals surface area contributed by atoms with Gasteiger partial charge in [-0.15, -0.1) is 0 Å². The zero-order chi connectivity index (χ0) is 12.8. The van der Waals surface area contributed by atoms with Gasteiger partial charge in [0.1, 0.15) is 5.75 Å². The number of hydrogen-bond acceptors (Lipinski definition) is 3. The van der Waals surface area contributed by atoms with E-state index in [0.29, 0.717) is 30.9 Å². The molecule has 0 aliphatic rings. The van der Waals surface area contributed by atoms with E-state index in [9.17, 15) is 4.79 Å². The summed E-state index contributed by atoms with van der Waals surface area (Å²) in [5.41, 5.74) is 2.75. The van der Waals surface area contributed by atoms with Crippen LogP contribution in [0.3, 0.4) is 0 Å². The molecular weight excluding hydrogens is 216 g/mol. The Kier molecular flexibility index (Phi) is 5.16. The van der Waals surface area contributed by atoms with Crippen LogP contribution in [0.5, 0.6) is 5.75 Å². The number of carbonyl (C=O) groups is 1. The highest BCUT2D eigenvalue weighted by Crippen LogP contribution is 2.26. The smallest absolute Gasteiger partial charge is 0.168 e. The van der Waals surface area contributed by atoms with Crippen molar-refractivity contribution in [1.29, 1.82) is 0 Å². The molecule has 3 heteroatoms. The minimum atomic E-state index is 0.0714. The largest absolute Gasteiger partial charge is 0.493 e. The number of carbonyl (C=O) groups excluding carboxylic acids is 1. The molecule has 0 amide bonds. The predicted octanol–water partition coefficient (Wildman–Crippen LogP) is 2.92. The highest BCUT2D eigenvalue weighted by atomic mass is 16.5. The summed E-state index contributed by atoms with van der Waals surface area (Å²) in [4.78, 5) is 12.0. The molecule has 0 fully saturated rings. The molecule has 0 saturated heterocycles. The molecular formula is C14H20O3. The van der Waals surface area contributed by atoms with Crippen LogP contribution < -0.4 is 4.74 Å². The number of ketones is 1. The van der Waals surface area contributed by atoms with Crippen molar-refractivity contribution in [3.8, 4) is 5.75 Å². The molecule has 17 heavy (non-hydrogen) atoms. The van der Waals surface area contributed by atoms with Gasteiger partial charge in [-0.25, -0.2) is 0 Å². The van der Waals surface area contributed by atoms with E-state index >= 15 is 0 Å². The van der Waals surface area contributed by atoms with E-state index in [1.165, 1.54) is 0 Å². The first-order valence-electron chi connectivity index (χ1n) is 5.86. The summed E-state index contributed by atoms with van der Waals surface area (Å²) in [7, 11) is 1.60. The van der Waals surface area contributed by atoms with Gasteiger partial charge in [0.25, 0.3) is 0 Å². The van der Waals surface area contributed by atoms with Crippen molar-refractivity contribution in [2.24, 2.45) is 0 Å². The molecule has 0 unspecified atom stereocenters. The van der Waals surface area contributed by atoms with Gasteiger partial charge in [0, 0.05) is 13.5 Å². The maximum absolute atomic E-state index is 12.0. The van der Waals surface area contributed by atoms with Crippen LogP contribution in [0, 0.1) is 13.8 Å². The monoisotopic (exact) mass is 236 g/mol. The zero-order valence-corrected chi connectivity index (χ0v) is 11.0. The average molecular weight is 236 g/mol. The van der Waals surface area contributed by atoms with Crippen molar-refractivity contribution in [3.05, 3.63) is 28.8 Å². The minimum absolute atomic E-state index is 0.0714. The number of methoxy groups -OCH3 is 1. The fourth-order valence-corrected chi connectivity index (χ4v) is 1.83. The first-order valence-corrected chi connectivity index (χ1v) is 5.86. The summed E-state index contributed by atoms with van der Waals surface area (Å²) in [5.74, 6) is 0.779. The molecule has 1 aromatic carbocycles. The van der Waals surface area contributed by atoms with Crippen LogP contribution in [0.25, 0.3) is 0 Å². The molecule has 0 spiro atoms. The van der Waals surface area contributed by atoms with E-state index in [0.717, 1.165) is 11.1 Å². The first-order chi connectivity index (χ1) is 8.10. The molecule has 94 valence electrons. The molecule has 0 aromatic heterocycles. The van der Waals surface area contributed by atoms with Gasteiger partial charge in [0.2, 0.25) is 0 Å². The Bertz CT molecular complexity index is 397. The second-order valence-electron chi connectivity index (χ2n) is 4.06. The number of hydrogen-bond donors (Lipinski definition) is 0. The number of Topliss-reactive ketones (excluding diaryl/α,β-unsaturated/α-hetero) is 1. The summed E-state index contributed by atoms with van der Waals surface area (Å²) in [6.07, 6.45) is 0.388. The average Bonchev–Trinajstić information content (AvgIpc) is 2.29. The van der Waals surface area contributed by atoms with E-state index in [2.05, 4.69) is 0 Å². The molecule has 0 saturated carbocycles. The second-order valence-corrected chi connectivity index (χ2v) is 4.06. The number of benzene rings is 1. The third-order valence-electron chi connectivity index (χ3n) is 2.54. The summed E-state index contributed by atoms with van der Waals surface area (Å²) >= 11 is 0. The summed E-state index contributed by atoms with van der Waals surface area (Å²) in [6, 6.07) is 3.91. The molecule has 0 atom stereocenters. The molecule has 0 radical (unpaired) electrons. The maximum atomic E-state index is 12.0. The van der Waals surface area contributed by atoms with Crippen molar-refractivity contribution in [3.63, 3.8) is 0 Å². The van der Waals surface area contributed by atoms with Crippen LogP contribution in [-0.2, 0) is 4.74 Å². The molecule has 3 nitrogen and oxygen atoms in total. The van der Waals surface area contributed by atoms with E-state index < -0.39 is 0 Å². The lowest BCUT2D eigenvalue weighted by molar-refractivity contribution is 0.0928. The molecule has 0 N–H and O–H groups in total. The van der Waals surface area contributed by atoms with Gasteiger partial charge in [-0.3, -0.25) is 4.79 Å². The Hall–Kier alpha value is -1.35. The molecule has 0 heterocycles. The second kappa shape index (κ2) is 6.40. The fourth-order valence-electron chi connectivity index (χ4n) is 1.83. The van der Waals surface area contributed by atoms with E-state index in [1.54, 1.807) is 7.11 Å². The van der Waals surface area contributed by atoms with Gasteiger partial charge in [-0.2, -0.15) is 0 Å². The Balaban J connectivity index is 3.06. The molecule has 0 bridgehead atoms. The van der Waals surface area contributed by atoms with Crippen LogP contribution in [-0.4, -0.2) is 26.1 Å². The van der Waals surface area contributed by atoms with Crippen molar-refractivity contribution < 1.29 is 14.3 Å². The summed E-state index contributed by atoms with van der Waals surface area (Å²) < 4.78 is 10.5. The van der Waals surface area contributed by atoms with Crippen LogP contribution in [0.15, 0.2) is 12.1 Å². The standard InChI is InChI=1S/C14H20O3/c1-5-17-14-11(3)8-10(2)9-12(14)13(15)6-7-16-4/h8-9H,5-7H2,1-4H3. The van der Waals surface area contributed by atoms with Gasteiger partial charge < -0.3 is 9.47 Å². The highest BCUT2D eigenvalue weighted by Gasteiger charge is 2.15. The van der Waals surface area contributed by atoms with E-state index in [4.69, 9.17) is 9.47 Å². The normalized spacial score (nSPS) is 10.4. The Labute approximate surface area is 103 Å². The molecule has 0 aliphatic heterocycles. The van der Waals surface area contributed by atoms with Crippen LogP contribution in [0.2, 0.25) is 0 Å². The summed E-state index contributed by atoms with van der Waals surface area (Å²) in [5, 5.41) is 0. The SMILES string of the molecule is CCOc1c(C)cc(C)cc1C(=O)CCOC. The quantitative estimate of drug-likeness (QED) is 0.712. The Morgan fingerprint density at radius 2 is 2.00 bits per heavy atom. The Morgan fingerprint density at radius 3 is 2.59 bits per heavy atom. The lowest BCUT2D eigenvalue weighted by Crippen LogP contribution is -2.08. The van der Waals surface area contributed by atoms with Crippen molar-refractivity contribution in [2.45, 2.75) is 27.2 Å². The van der Waals surface area contributed by atoms with Gasteiger partial charge >= 0.3 is 0 Å². The molecule has 1 aromatic rings. The topological polar surface area (TPSA) is 35.5 Å². The fraction of sp³-hybridized carbons (Fsp3) is 0.500. The van der Waals surface area contributed by atoms with Crippen molar-refractivity contribution >= 4 is 5.78 Å². The van der Waals surface area contributed by atoms with Gasteiger partial charge in [-0.1, -0.05) is 6.07 Å². The van der Waals surface area contributed by atoms with E-state index in [1.807, 2.05) is 32.9 Å². The van der Waals surface area contributed by atoms with Crippen molar-refractivity contribution in [2.75, 3.05) is 20.3 Å². The van der Waals surface area contributed by atoms with Crippen molar-refractivity contribution in [1.82, 2.24) is 0 Å². The number of aryl methyl sites for hydroxylation is 2. The Morgan fingerprint density at radius 1 is 1.29 bits per heavy atom. The van der Waals surface area contributed by atoms with Gasteiger partial charge in [0.15, 0.2) is 5.78 Å². The number of rotatable bonds is 6. The summed E-state index contributed by atoms with van der Waals surface area (Å²) in [6.45, 7) is 6.87. The third-order valence-corrected chi connectivity index (χ3v) is 2.54. The maximum Gasteiger partial charge on any atom is 0.168 e. The lowest BCUT2D eigenvalue weighted by Gasteiger charge is -2.13.